The van der Waals surface area contributed by atoms with Crippen LogP contribution in [0.3, 0.4) is 0 Å². The first kappa shape index (κ1) is 21.2. The Labute approximate surface area is 175 Å². The average molecular weight is 396 g/mol. The summed E-state index contributed by atoms with van der Waals surface area (Å²) in [4.78, 5) is 16.0. The Kier molecular flexibility index (Phi) is 6.48. The van der Waals surface area contributed by atoms with Crippen LogP contribution in [-0.2, 0) is 13.0 Å². The van der Waals surface area contributed by atoms with Gasteiger partial charge in [-0.3, -0.25) is 0 Å². The second-order valence-corrected chi connectivity index (χ2v) is 9.23. The lowest BCUT2D eigenvalue weighted by Gasteiger charge is -2.33. The van der Waals surface area contributed by atoms with Crippen molar-refractivity contribution in [3.8, 4) is 0 Å². The lowest BCUT2D eigenvalue weighted by molar-refractivity contribution is -0.945. The van der Waals surface area contributed by atoms with Crippen molar-refractivity contribution in [1.29, 1.82) is 0 Å². The summed E-state index contributed by atoms with van der Waals surface area (Å²) in [5.41, 5.74) is 5.08. The first-order chi connectivity index (χ1) is 13.7. The summed E-state index contributed by atoms with van der Waals surface area (Å²) in [5.74, 6) is 0. The van der Waals surface area contributed by atoms with E-state index in [0.29, 0.717) is 6.54 Å². The van der Waals surface area contributed by atoms with Crippen molar-refractivity contribution >= 4 is 11.7 Å². The monoisotopic (exact) mass is 395 g/mol. The van der Waals surface area contributed by atoms with Gasteiger partial charge in [0.05, 0.1) is 13.1 Å². The molecule has 0 bridgehead atoms. The molecule has 2 amide bonds. The van der Waals surface area contributed by atoms with Gasteiger partial charge in [-0.25, -0.2) is 4.79 Å². The number of fused-ring (bicyclic) bond motifs is 1. The van der Waals surface area contributed by atoms with Crippen molar-refractivity contribution in [2.24, 2.45) is 0 Å². The van der Waals surface area contributed by atoms with Crippen LogP contribution in [0.5, 0.6) is 0 Å². The minimum Gasteiger partial charge on any atom is -0.378 e. The molecule has 0 aliphatic carbocycles. The third-order valence-corrected chi connectivity index (χ3v) is 5.51. The molecular formula is C24H35N4O+. The SMILES string of the molecule is CN(C)c1ccc([C@H](CNC(=O)NC(C)(C)C)[NH+]2CCc3ccccc3C2)cc1. The fourth-order valence-corrected chi connectivity index (χ4v) is 3.98. The van der Waals surface area contributed by atoms with E-state index in [2.05, 4.69) is 78.2 Å². The standard InChI is InChI=1S/C24H34N4O/c1-24(2,3)26-23(29)25-16-22(19-10-12-21(13-11-19)27(4)5)28-15-14-18-8-6-7-9-20(18)17-28/h6-13,22H,14-17H2,1-5H3,(H2,25,26,29)/p+1/t22-/m0/s1. The maximum atomic E-state index is 12.4. The molecule has 156 valence electrons. The van der Waals surface area contributed by atoms with E-state index in [9.17, 15) is 4.79 Å². The molecule has 2 aromatic rings. The molecule has 2 aromatic carbocycles. The maximum absolute atomic E-state index is 12.4. The van der Waals surface area contributed by atoms with Gasteiger partial charge >= 0.3 is 6.03 Å². The molecule has 1 unspecified atom stereocenters. The minimum absolute atomic E-state index is 0.107. The van der Waals surface area contributed by atoms with Crippen molar-refractivity contribution in [2.75, 3.05) is 32.1 Å². The van der Waals surface area contributed by atoms with Gasteiger partial charge in [-0.15, -0.1) is 0 Å². The number of quaternary nitrogens is 1. The molecule has 0 spiro atoms. The molecule has 3 rings (SSSR count). The van der Waals surface area contributed by atoms with Gasteiger partial charge in [0.2, 0.25) is 0 Å². The molecule has 5 heteroatoms. The average Bonchev–Trinajstić information content (AvgIpc) is 2.67. The van der Waals surface area contributed by atoms with Crippen LogP contribution in [-0.4, -0.2) is 38.8 Å². The first-order valence-corrected chi connectivity index (χ1v) is 10.5. The van der Waals surface area contributed by atoms with Gasteiger partial charge < -0.3 is 20.4 Å². The molecule has 0 saturated heterocycles. The van der Waals surface area contributed by atoms with E-state index >= 15 is 0 Å². The molecule has 0 radical (unpaired) electrons. The van der Waals surface area contributed by atoms with Crippen LogP contribution in [0.25, 0.3) is 0 Å². The van der Waals surface area contributed by atoms with Crippen LogP contribution in [0.15, 0.2) is 48.5 Å². The van der Waals surface area contributed by atoms with Gasteiger partial charge in [0.1, 0.15) is 12.6 Å². The zero-order valence-corrected chi connectivity index (χ0v) is 18.4. The molecule has 3 N–H and O–H groups in total. The van der Waals surface area contributed by atoms with Gasteiger partial charge in [-0.05, 0) is 38.5 Å². The normalized spacial score (nSPS) is 17.2. The maximum Gasteiger partial charge on any atom is 0.315 e. The number of urea groups is 1. The molecule has 0 saturated carbocycles. The number of benzene rings is 2. The third kappa shape index (κ3) is 5.73. The fraction of sp³-hybridized carbons (Fsp3) is 0.458. The van der Waals surface area contributed by atoms with Gasteiger partial charge in [-0.2, -0.15) is 0 Å². The Hall–Kier alpha value is -2.53. The highest BCUT2D eigenvalue weighted by atomic mass is 16.2. The Morgan fingerprint density at radius 2 is 1.72 bits per heavy atom. The highest BCUT2D eigenvalue weighted by Gasteiger charge is 2.29. The summed E-state index contributed by atoms with van der Waals surface area (Å²) in [6, 6.07) is 17.6. The van der Waals surface area contributed by atoms with Crippen LogP contribution < -0.4 is 20.4 Å². The smallest absolute Gasteiger partial charge is 0.315 e. The van der Waals surface area contributed by atoms with Gasteiger partial charge in [0, 0.05) is 42.9 Å². The topological polar surface area (TPSA) is 48.8 Å². The van der Waals surface area contributed by atoms with Crippen molar-refractivity contribution < 1.29 is 9.69 Å². The number of hydrogen-bond acceptors (Lipinski definition) is 2. The predicted molar refractivity (Wildman–Crippen MR) is 119 cm³/mol. The zero-order chi connectivity index (χ0) is 21.0. The summed E-state index contributed by atoms with van der Waals surface area (Å²) in [5, 5.41) is 6.12. The molecule has 0 fully saturated rings. The largest absolute Gasteiger partial charge is 0.378 e. The lowest BCUT2D eigenvalue weighted by atomic mass is 9.96. The fourth-order valence-electron chi connectivity index (χ4n) is 3.98. The molecule has 1 heterocycles. The summed E-state index contributed by atoms with van der Waals surface area (Å²) < 4.78 is 0. The minimum atomic E-state index is -0.246. The second kappa shape index (κ2) is 8.87. The molecule has 29 heavy (non-hydrogen) atoms. The Morgan fingerprint density at radius 1 is 1.07 bits per heavy atom. The van der Waals surface area contributed by atoms with Crippen molar-refractivity contribution in [3.63, 3.8) is 0 Å². The van der Waals surface area contributed by atoms with E-state index in [1.54, 1.807) is 0 Å². The summed E-state index contributed by atoms with van der Waals surface area (Å²) >= 11 is 0. The van der Waals surface area contributed by atoms with Gasteiger partial charge in [0.25, 0.3) is 0 Å². The summed E-state index contributed by atoms with van der Waals surface area (Å²) in [6.45, 7) is 8.66. The second-order valence-electron chi connectivity index (χ2n) is 9.23. The highest BCUT2D eigenvalue weighted by molar-refractivity contribution is 5.74. The molecular weight excluding hydrogens is 360 g/mol. The highest BCUT2D eigenvalue weighted by Crippen LogP contribution is 2.18. The third-order valence-electron chi connectivity index (χ3n) is 5.51. The van der Waals surface area contributed by atoms with Crippen LogP contribution >= 0.6 is 0 Å². The quantitative estimate of drug-likeness (QED) is 0.729. The number of carbonyl (C=O) groups is 1. The summed E-state index contributed by atoms with van der Waals surface area (Å²) in [7, 11) is 4.11. The van der Waals surface area contributed by atoms with E-state index in [4.69, 9.17) is 0 Å². The predicted octanol–water partition coefficient (Wildman–Crippen LogP) is 2.53. The van der Waals surface area contributed by atoms with E-state index in [0.717, 1.165) is 19.5 Å². The number of rotatable bonds is 5. The van der Waals surface area contributed by atoms with E-state index < -0.39 is 0 Å². The van der Waals surface area contributed by atoms with Crippen molar-refractivity contribution in [1.82, 2.24) is 10.6 Å². The van der Waals surface area contributed by atoms with Crippen LogP contribution in [0.1, 0.15) is 43.5 Å². The van der Waals surface area contributed by atoms with E-state index in [1.807, 2.05) is 20.8 Å². The van der Waals surface area contributed by atoms with Gasteiger partial charge in [-0.1, -0.05) is 36.4 Å². The van der Waals surface area contributed by atoms with Crippen LogP contribution in [0.4, 0.5) is 10.5 Å². The molecule has 2 atom stereocenters. The number of amides is 2. The van der Waals surface area contributed by atoms with Crippen molar-refractivity contribution in [2.45, 2.75) is 45.3 Å². The molecule has 1 aliphatic rings. The van der Waals surface area contributed by atoms with Gasteiger partial charge in [0.15, 0.2) is 0 Å². The van der Waals surface area contributed by atoms with E-state index in [1.165, 1.54) is 27.3 Å². The Morgan fingerprint density at radius 3 is 2.34 bits per heavy atom. The zero-order valence-electron chi connectivity index (χ0n) is 18.4. The molecule has 0 aromatic heterocycles. The number of carbonyl (C=O) groups excluding carboxylic acids is 1. The number of hydrogen-bond donors (Lipinski definition) is 3. The lowest BCUT2D eigenvalue weighted by Crippen LogP contribution is -3.12. The van der Waals surface area contributed by atoms with Crippen molar-refractivity contribution in [3.05, 3.63) is 65.2 Å². The molecule has 1 aliphatic heterocycles. The Bertz CT molecular complexity index is 824. The number of anilines is 1. The van der Waals surface area contributed by atoms with Crippen LogP contribution in [0.2, 0.25) is 0 Å². The molecule has 5 nitrogen and oxygen atoms in total. The van der Waals surface area contributed by atoms with Crippen LogP contribution in [0, 0.1) is 0 Å². The number of nitrogens with zero attached hydrogens (tertiary/aromatic N) is 1. The number of nitrogens with one attached hydrogen (secondary N) is 3. The van der Waals surface area contributed by atoms with E-state index in [-0.39, 0.29) is 17.6 Å². The Balaban J connectivity index is 1.79. The summed E-state index contributed by atoms with van der Waals surface area (Å²) in [6.07, 6.45) is 1.08. The first-order valence-electron chi connectivity index (χ1n) is 10.5.